The fraction of sp³-hybridized carbons (Fsp3) is 0. The summed E-state index contributed by atoms with van der Waals surface area (Å²) >= 11 is 10.4. The maximum Gasteiger partial charge on any atom is 0.347 e. The molecule has 0 atom stereocenters. The molecule has 2 rings (SSSR count). The second-order valence-electron chi connectivity index (χ2n) is 2.69. The van der Waals surface area contributed by atoms with Crippen LogP contribution in [0.5, 0.6) is 0 Å². The molecule has 2 aromatic rings. The fourth-order valence-electron chi connectivity index (χ4n) is 1.18. The molecule has 5 heteroatoms. The molecule has 1 N–H and O–H groups in total. The summed E-state index contributed by atoms with van der Waals surface area (Å²) in [6.45, 7) is 0. The Bertz CT molecular complexity index is 521. The smallest absolute Gasteiger partial charge is 0.347 e. The van der Waals surface area contributed by atoms with Crippen molar-refractivity contribution in [2.24, 2.45) is 0 Å². The van der Waals surface area contributed by atoms with E-state index < -0.39 is 5.97 Å². The van der Waals surface area contributed by atoms with Crippen molar-refractivity contribution < 1.29 is 9.90 Å². The standard InChI is InChI=1S/C9H4BrClO2S/c10-4-1-2-6-5(3-4)7(11)8(14-6)9(12)13/h1-3H,(H,12,13). The van der Waals surface area contributed by atoms with Crippen LogP contribution >= 0.6 is 38.9 Å². The van der Waals surface area contributed by atoms with Gasteiger partial charge in [0.1, 0.15) is 4.88 Å². The van der Waals surface area contributed by atoms with Gasteiger partial charge in [0, 0.05) is 14.6 Å². The number of benzene rings is 1. The molecule has 0 aliphatic rings. The minimum Gasteiger partial charge on any atom is -0.477 e. The van der Waals surface area contributed by atoms with E-state index in [9.17, 15) is 4.79 Å². The van der Waals surface area contributed by atoms with E-state index in [0.29, 0.717) is 5.02 Å². The lowest BCUT2D eigenvalue weighted by molar-refractivity contribution is 0.0702. The summed E-state index contributed by atoms with van der Waals surface area (Å²) in [5, 5.41) is 9.95. The zero-order valence-corrected chi connectivity index (χ0v) is 9.91. The molecule has 2 nitrogen and oxygen atoms in total. The average Bonchev–Trinajstić information content (AvgIpc) is 2.44. The van der Waals surface area contributed by atoms with Gasteiger partial charge in [0.2, 0.25) is 0 Å². The highest BCUT2D eigenvalue weighted by Gasteiger charge is 2.15. The van der Waals surface area contributed by atoms with Crippen LogP contribution in [0.3, 0.4) is 0 Å². The molecule has 0 spiro atoms. The Morgan fingerprint density at radius 1 is 1.50 bits per heavy atom. The lowest BCUT2D eigenvalue weighted by Gasteiger charge is -1.91. The van der Waals surface area contributed by atoms with E-state index >= 15 is 0 Å². The van der Waals surface area contributed by atoms with Gasteiger partial charge in [0.15, 0.2) is 0 Å². The normalized spacial score (nSPS) is 10.7. The zero-order chi connectivity index (χ0) is 10.3. The Morgan fingerprint density at radius 3 is 2.86 bits per heavy atom. The largest absolute Gasteiger partial charge is 0.477 e. The van der Waals surface area contributed by atoms with Crippen LogP contribution in [0.1, 0.15) is 9.67 Å². The van der Waals surface area contributed by atoms with Crippen molar-refractivity contribution in [3.8, 4) is 0 Å². The second kappa shape index (κ2) is 3.53. The van der Waals surface area contributed by atoms with Crippen LogP contribution in [0.2, 0.25) is 5.02 Å². The third kappa shape index (κ3) is 1.54. The number of fused-ring (bicyclic) bond motifs is 1. The van der Waals surface area contributed by atoms with Crippen molar-refractivity contribution in [1.29, 1.82) is 0 Å². The Labute approximate surface area is 97.2 Å². The second-order valence-corrected chi connectivity index (χ2v) is 5.04. The molecule has 0 saturated heterocycles. The molecule has 0 amide bonds. The summed E-state index contributed by atoms with van der Waals surface area (Å²) in [5.74, 6) is -0.979. The molecule has 0 bridgehead atoms. The lowest BCUT2D eigenvalue weighted by Crippen LogP contribution is -1.91. The van der Waals surface area contributed by atoms with Crippen LogP contribution in [0, 0.1) is 0 Å². The molecule has 0 fully saturated rings. The van der Waals surface area contributed by atoms with Gasteiger partial charge in [-0.25, -0.2) is 4.79 Å². The van der Waals surface area contributed by atoms with Gasteiger partial charge in [-0.1, -0.05) is 27.5 Å². The van der Waals surface area contributed by atoms with E-state index in [0.717, 1.165) is 14.6 Å². The molecule has 1 aromatic heterocycles. The maximum absolute atomic E-state index is 10.8. The van der Waals surface area contributed by atoms with Crippen LogP contribution in [0.25, 0.3) is 10.1 Å². The summed E-state index contributed by atoms with van der Waals surface area (Å²) in [6, 6.07) is 5.53. The Kier molecular flexibility index (Phi) is 2.51. The highest BCUT2D eigenvalue weighted by atomic mass is 79.9. The minimum atomic E-state index is -0.979. The van der Waals surface area contributed by atoms with Crippen molar-refractivity contribution in [3.05, 3.63) is 32.6 Å². The van der Waals surface area contributed by atoms with E-state index in [1.165, 1.54) is 11.3 Å². The van der Waals surface area contributed by atoms with Crippen LogP contribution in [-0.4, -0.2) is 11.1 Å². The predicted octanol–water partition coefficient (Wildman–Crippen LogP) is 4.02. The summed E-state index contributed by atoms with van der Waals surface area (Å²) in [5.41, 5.74) is 0. The Balaban J connectivity index is 2.80. The van der Waals surface area contributed by atoms with Gasteiger partial charge >= 0.3 is 5.97 Å². The van der Waals surface area contributed by atoms with Crippen LogP contribution in [0.4, 0.5) is 0 Å². The number of halogens is 2. The van der Waals surface area contributed by atoms with E-state index in [1.807, 2.05) is 18.2 Å². The van der Waals surface area contributed by atoms with Crippen LogP contribution < -0.4 is 0 Å². The number of carboxylic acid groups (broad SMARTS) is 1. The Hall–Kier alpha value is -0.580. The molecular formula is C9H4BrClO2S. The summed E-state index contributed by atoms with van der Waals surface area (Å²) < 4.78 is 1.78. The number of aromatic carboxylic acids is 1. The first-order valence-electron chi connectivity index (χ1n) is 3.70. The summed E-state index contributed by atoms with van der Waals surface area (Å²) in [4.78, 5) is 11.0. The average molecular weight is 292 g/mol. The third-order valence-corrected chi connectivity index (χ3v) is 3.94. The van der Waals surface area contributed by atoms with E-state index in [-0.39, 0.29) is 4.88 Å². The van der Waals surface area contributed by atoms with E-state index in [2.05, 4.69) is 15.9 Å². The van der Waals surface area contributed by atoms with Gasteiger partial charge in [-0.2, -0.15) is 0 Å². The summed E-state index contributed by atoms with van der Waals surface area (Å²) in [6.07, 6.45) is 0. The van der Waals surface area contributed by atoms with Gasteiger partial charge < -0.3 is 5.11 Å². The molecule has 0 aliphatic carbocycles. The molecule has 1 heterocycles. The van der Waals surface area contributed by atoms with Crippen molar-refractivity contribution in [1.82, 2.24) is 0 Å². The molecule has 72 valence electrons. The molecule has 0 unspecified atom stereocenters. The summed E-state index contributed by atoms with van der Waals surface area (Å²) in [7, 11) is 0. The quantitative estimate of drug-likeness (QED) is 0.862. The molecule has 14 heavy (non-hydrogen) atoms. The highest BCUT2D eigenvalue weighted by molar-refractivity contribution is 9.10. The van der Waals surface area contributed by atoms with E-state index in [4.69, 9.17) is 16.7 Å². The first kappa shape index (κ1) is 9.96. The fourth-order valence-corrected chi connectivity index (χ4v) is 2.86. The van der Waals surface area contributed by atoms with Crippen molar-refractivity contribution >= 4 is 54.9 Å². The number of hydrogen-bond donors (Lipinski definition) is 1. The predicted molar refractivity (Wildman–Crippen MR) is 61.5 cm³/mol. The number of hydrogen-bond acceptors (Lipinski definition) is 2. The minimum absolute atomic E-state index is 0.194. The first-order chi connectivity index (χ1) is 6.59. The van der Waals surface area contributed by atoms with Crippen LogP contribution in [0.15, 0.2) is 22.7 Å². The topological polar surface area (TPSA) is 37.3 Å². The number of carboxylic acids is 1. The molecule has 0 aliphatic heterocycles. The van der Waals surface area contributed by atoms with Gasteiger partial charge in [-0.15, -0.1) is 11.3 Å². The molecule has 0 saturated carbocycles. The number of rotatable bonds is 1. The van der Waals surface area contributed by atoms with E-state index in [1.54, 1.807) is 0 Å². The van der Waals surface area contributed by atoms with Crippen molar-refractivity contribution in [2.75, 3.05) is 0 Å². The van der Waals surface area contributed by atoms with Gasteiger partial charge in [0.25, 0.3) is 0 Å². The SMILES string of the molecule is O=C(O)c1sc2ccc(Br)cc2c1Cl. The monoisotopic (exact) mass is 290 g/mol. The lowest BCUT2D eigenvalue weighted by atomic mass is 10.2. The zero-order valence-electron chi connectivity index (χ0n) is 6.75. The maximum atomic E-state index is 10.8. The van der Waals surface area contributed by atoms with Crippen LogP contribution in [-0.2, 0) is 0 Å². The number of carbonyl (C=O) groups is 1. The van der Waals surface area contributed by atoms with Gasteiger partial charge in [0.05, 0.1) is 5.02 Å². The third-order valence-electron chi connectivity index (χ3n) is 1.78. The van der Waals surface area contributed by atoms with Gasteiger partial charge in [-0.05, 0) is 18.2 Å². The Morgan fingerprint density at radius 2 is 2.21 bits per heavy atom. The molecular weight excluding hydrogens is 288 g/mol. The first-order valence-corrected chi connectivity index (χ1v) is 5.69. The van der Waals surface area contributed by atoms with Gasteiger partial charge in [-0.3, -0.25) is 0 Å². The number of thiophene rings is 1. The molecule has 0 radical (unpaired) electrons. The molecule has 1 aromatic carbocycles. The van der Waals surface area contributed by atoms with Crippen molar-refractivity contribution in [2.45, 2.75) is 0 Å². The highest BCUT2D eigenvalue weighted by Crippen LogP contribution is 2.36. The van der Waals surface area contributed by atoms with Crippen molar-refractivity contribution in [3.63, 3.8) is 0 Å².